The summed E-state index contributed by atoms with van der Waals surface area (Å²) in [6.45, 7) is 5.59. The molecule has 1 N–H and O–H groups in total. The third-order valence-corrected chi connectivity index (χ3v) is 4.27. The molecule has 0 unspecified atom stereocenters. The van der Waals surface area contributed by atoms with Crippen LogP contribution in [0.4, 0.5) is 0 Å². The molecule has 1 amide bonds. The zero-order valence-corrected chi connectivity index (χ0v) is 12.7. The van der Waals surface area contributed by atoms with Crippen LogP contribution >= 0.6 is 12.2 Å². The van der Waals surface area contributed by atoms with E-state index in [0.717, 1.165) is 38.8 Å². The van der Waals surface area contributed by atoms with Crippen LogP contribution in [0.25, 0.3) is 0 Å². The summed E-state index contributed by atoms with van der Waals surface area (Å²) in [5, 5.41) is 3.49. The van der Waals surface area contributed by atoms with Gasteiger partial charge in [-0.3, -0.25) is 4.79 Å². The number of morpholine rings is 1. The minimum absolute atomic E-state index is 0.108. The normalized spacial score (nSPS) is 29.1. The number of amides is 1. The topological polar surface area (TPSA) is 41.6 Å². The fourth-order valence-electron chi connectivity index (χ4n) is 3.00. The highest BCUT2D eigenvalue weighted by Gasteiger charge is 2.27. The molecule has 19 heavy (non-hydrogen) atoms. The summed E-state index contributed by atoms with van der Waals surface area (Å²) >= 11 is 5.36. The SMILES string of the molecule is C[C@H]1CN(C(=S)NC(=O)C2CCCCC2)C[C@H](C)O1. The van der Waals surface area contributed by atoms with Crippen molar-refractivity contribution in [1.29, 1.82) is 0 Å². The number of carbonyl (C=O) groups excluding carboxylic acids is 1. The maximum Gasteiger partial charge on any atom is 0.229 e. The van der Waals surface area contributed by atoms with Gasteiger partial charge in [0.05, 0.1) is 12.2 Å². The zero-order chi connectivity index (χ0) is 13.8. The maximum absolute atomic E-state index is 12.2. The molecule has 2 fully saturated rings. The van der Waals surface area contributed by atoms with Crippen LogP contribution in [0, 0.1) is 5.92 Å². The summed E-state index contributed by atoms with van der Waals surface area (Å²) in [6, 6.07) is 0. The Bertz CT molecular complexity index is 332. The number of nitrogens with one attached hydrogen (secondary N) is 1. The molecule has 1 aliphatic carbocycles. The van der Waals surface area contributed by atoms with Gasteiger partial charge in [-0.15, -0.1) is 0 Å². The van der Waals surface area contributed by atoms with Crippen molar-refractivity contribution >= 4 is 23.2 Å². The van der Waals surface area contributed by atoms with Crippen LogP contribution < -0.4 is 5.32 Å². The molecule has 0 aromatic rings. The van der Waals surface area contributed by atoms with E-state index in [1.807, 2.05) is 13.8 Å². The molecule has 108 valence electrons. The highest BCUT2D eigenvalue weighted by atomic mass is 32.1. The third-order valence-electron chi connectivity index (χ3n) is 3.91. The molecule has 2 aliphatic rings. The first-order valence-corrected chi connectivity index (χ1v) is 7.72. The second kappa shape index (κ2) is 6.66. The van der Waals surface area contributed by atoms with Gasteiger partial charge >= 0.3 is 0 Å². The molecule has 0 radical (unpaired) electrons. The Labute approximate surface area is 120 Å². The van der Waals surface area contributed by atoms with Gasteiger partial charge < -0.3 is 15.0 Å². The average Bonchev–Trinajstić information content (AvgIpc) is 2.38. The maximum atomic E-state index is 12.2. The van der Waals surface area contributed by atoms with Crippen LogP contribution in [0.2, 0.25) is 0 Å². The predicted octanol–water partition coefficient (Wildman–Crippen LogP) is 2.08. The van der Waals surface area contributed by atoms with Crippen molar-refractivity contribution in [2.75, 3.05) is 13.1 Å². The number of thiocarbonyl (C=S) groups is 1. The highest BCUT2D eigenvalue weighted by Crippen LogP contribution is 2.23. The van der Waals surface area contributed by atoms with E-state index in [1.54, 1.807) is 0 Å². The van der Waals surface area contributed by atoms with Gasteiger partial charge in [0, 0.05) is 19.0 Å². The third kappa shape index (κ3) is 4.14. The van der Waals surface area contributed by atoms with Gasteiger partial charge in [-0.1, -0.05) is 19.3 Å². The summed E-state index contributed by atoms with van der Waals surface area (Å²) in [4.78, 5) is 14.2. The molecule has 1 saturated carbocycles. The summed E-state index contributed by atoms with van der Waals surface area (Å²) in [5.74, 6) is 0.263. The van der Waals surface area contributed by atoms with Crippen LogP contribution in [0.1, 0.15) is 46.0 Å². The second-order valence-corrected chi connectivity index (χ2v) is 6.18. The second-order valence-electron chi connectivity index (χ2n) is 5.79. The minimum Gasteiger partial charge on any atom is -0.372 e. The molecule has 5 heteroatoms. The van der Waals surface area contributed by atoms with Gasteiger partial charge in [-0.05, 0) is 38.9 Å². The summed E-state index contributed by atoms with van der Waals surface area (Å²) < 4.78 is 5.67. The molecule has 0 bridgehead atoms. The lowest BCUT2D eigenvalue weighted by molar-refractivity contribution is -0.124. The fraction of sp³-hybridized carbons (Fsp3) is 0.857. The van der Waals surface area contributed by atoms with E-state index in [-0.39, 0.29) is 24.0 Å². The molecule has 0 aromatic heterocycles. The Kier molecular flexibility index (Phi) is 5.16. The average molecular weight is 284 g/mol. The van der Waals surface area contributed by atoms with Gasteiger partial charge in [0.2, 0.25) is 5.91 Å². The van der Waals surface area contributed by atoms with Crippen molar-refractivity contribution in [2.24, 2.45) is 5.92 Å². The Balaban J connectivity index is 1.84. The smallest absolute Gasteiger partial charge is 0.229 e. The summed E-state index contributed by atoms with van der Waals surface area (Å²) in [6.07, 6.45) is 5.91. The molecular formula is C14H24N2O2S. The van der Waals surface area contributed by atoms with Crippen molar-refractivity contribution < 1.29 is 9.53 Å². The molecule has 1 heterocycles. The first-order chi connectivity index (χ1) is 9.06. The monoisotopic (exact) mass is 284 g/mol. The van der Waals surface area contributed by atoms with Crippen molar-refractivity contribution in [2.45, 2.75) is 58.2 Å². The van der Waals surface area contributed by atoms with Crippen LogP contribution in [0.15, 0.2) is 0 Å². The number of hydrogen-bond donors (Lipinski definition) is 1. The van der Waals surface area contributed by atoms with E-state index in [1.165, 1.54) is 6.42 Å². The van der Waals surface area contributed by atoms with Crippen molar-refractivity contribution in [3.8, 4) is 0 Å². The van der Waals surface area contributed by atoms with Crippen LogP contribution in [0.3, 0.4) is 0 Å². The first-order valence-electron chi connectivity index (χ1n) is 7.31. The summed E-state index contributed by atoms with van der Waals surface area (Å²) in [7, 11) is 0. The van der Waals surface area contributed by atoms with Crippen molar-refractivity contribution in [3.05, 3.63) is 0 Å². The van der Waals surface area contributed by atoms with E-state index < -0.39 is 0 Å². The Morgan fingerprint density at radius 2 is 1.74 bits per heavy atom. The van der Waals surface area contributed by atoms with Gasteiger partial charge in [0.25, 0.3) is 0 Å². The van der Waals surface area contributed by atoms with E-state index in [0.29, 0.717) is 5.11 Å². The van der Waals surface area contributed by atoms with E-state index in [9.17, 15) is 4.79 Å². The van der Waals surface area contributed by atoms with Gasteiger partial charge in [0.1, 0.15) is 0 Å². The van der Waals surface area contributed by atoms with Crippen LogP contribution in [-0.4, -0.2) is 41.2 Å². The molecule has 0 spiro atoms. The molecule has 2 rings (SSSR count). The van der Waals surface area contributed by atoms with Gasteiger partial charge in [-0.25, -0.2) is 0 Å². The molecule has 2 atom stereocenters. The number of rotatable bonds is 1. The number of carbonyl (C=O) groups is 1. The summed E-state index contributed by atoms with van der Waals surface area (Å²) in [5.41, 5.74) is 0. The van der Waals surface area contributed by atoms with Crippen LogP contribution in [0.5, 0.6) is 0 Å². The fourth-order valence-corrected chi connectivity index (χ4v) is 3.24. The minimum atomic E-state index is 0.108. The zero-order valence-electron chi connectivity index (χ0n) is 11.9. The van der Waals surface area contributed by atoms with Crippen LogP contribution in [-0.2, 0) is 9.53 Å². The molecule has 1 saturated heterocycles. The molecule has 0 aromatic carbocycles. The van der Waals surface area contributed by atoms with Crippen molar-refractivity contribution in [1.82, 2.24) is 10.2 Å². The largest absolute Gasteiger partial charge is 0.372 e. The van der Waals surface area contributed by atoms with E-state index in [4.69, 9.17) is 17.0 Å². The lowest BCUT2D eigenvalue weighted by Crippen LogP contribution is -2.53. The molecule has 4 nitrogen and oxygen atoms in total. The Morgan fingerprint density at radius 1 is 1.16 bits per heavy atom. The lowest BCUT2D eigenvalue weighted by atomic mass is 9.89. The Hall–Kier alpha value is -0.680. The van der Waals surface area contributed by atoms with Crippen molar-refractivity contribution in [3.63, 3.8) is 0 Å². The quantitative estimate of drug-likeness (QED) is 0.749. The Morgan fingerprint density at radius 3 is 2.32 bits per heavy atom. The standard InChI is InChI=1S/C14H24N2O2S/c1-10-8-16(9-11(2)18-10)14(19)15-13(17)12-6-4-3-5-7-12/h10-12H,3-9H2,1-2H3,(H,15,17,19)/t10-,11-/m0/s1. The number of ether oxygens (including phenoxy) is 1. The predicted molar refractivity (Wildman–Crippen MR) is 78.9 cm³/mol. The first kappa shape index (κ1) is 14.7. The number of nitrogens with zero attached hydrogens (tertiary/aromatic N) is 1. The van der Waals surface area contributed by atoms with Gasteiger partial charge in [0.15, 0.2) is 5.11 Å². The van der Waals surface area contributed by atoms with E-state index in [2.05, 4.69) is 10.2 Å². The number of hydrogen-bond acceptors (Lipinski definition) is 3. The van der Waals surface area contributed by atoms with Gasteiger partial charge in [-0.2, -0.15) is 0 Å². The molecule has 1 aliphatic heterocycles. The lowest BCUT2D eigenvalue weighted by Gasteiger charge is -2.37. The van der Waals surface area contributed by atoms with E-state index >= 15 is 0 Å². The molecular weight excluding hydrogens is 260 g/mol. The highest BCUT2D eigenvalue weighted by molar-refractivity contribution is 7.80.